The number of nitrogens with zero attached hydrogens (tertiary/aromatic N) is 1. The van der Waals surface area contributed by atoms with Crippen LogP contribution in [0.2, 0.25) is 10.0 Å². The second-order valence-electron chi connectivity index (χ2n) is 4.33. The van der Waals surface area contributed by atoms with Crippen LogP contribution in [0.5, 0.6) is 0 Å². The topological polar surface area (TPSA) is 68.0 Å². The van der Waals surface area contributed by atoms with Crippen molar-refractivity contribution in [1.29, 1.82) is 0 Å². The van der Waals surface area contributed by atoms with E-state index in [-0.39, 0.29) is 15.9 Å². The highest BCUT2D eigenvalue weighted by Gasteiger charge is 2.12. The molecule has 2 rings (SSSR count). The number of nitrogen functional groups attached to an aromatic ring is 1. The summed E-state index contributed by atoms with van der Waals surface area (Å²) in [7, 11) is 0. The Labute approximate surface area is 131 Å². The molecule has 0 aliphatic carbocycles. The normalized spacial score (nSPS) is 10.5. The number of hydrogen-bond donors (Lipinski definition) is 2. The predicted octanol–water partition coefficient (Wildman–Crippen LogP) is 3.92. The lowest BCUT2D eigenvalue weighted by Gasteiger charge is -2.09. The summed E-state index contributed by atoms with van der Waals surface area (Å²) < 4.78 is 13.3. The number of rotatable bonds is 3. The van der Waals surface area contributed by atoms with Crippen LogP contribution >= 0.6 is 23.2 Å². The summed E-state index contributed by atoms with van der Waals surface area (Å²) in [6.45, 7) is 1.91. The second-order valence-corrected chi connectivity index (χ2v) is 5.15. The summed E-state index contributed by atoms with van der Waals surface area (Å²) >= 11 is 11.4. The number of halogens is 3. The summed E-state index contributed by atoms with van der Waals surface area (Å²) in [5.41, 5.74) is 7.01. The molecule has 0 aliphatic heterocycles. The Bertz CT molecular complexity index is 684. The van der Waals surface area contributed by atoms with Crippen LogP contribution in [0.1, 0.15) is 23.0 Å². The van der Waals surface area contributed by atoms with E-state index in [4.69, 9.17) is 28.9 Å². The Morgan fingerprint density at radius 3 is 2.48 bits per heavy atom. The second kappa shape index (κ2) is 6.28. The maximum absolute atomic E-state index is 13.3. The van der Waals surface area contributed by atoms with Gasteiger partial charge in [-0.2, -0.15) is 0 Å². The molecule has 7 heteroatoms. The number of nitrogens with two attached hydrogens (primary N) is 1. The fraction of sp³-hybridized carbons (Fsp3) is 0.143. The Morgan fingerprint density at radius 1 is 1.29 bits per heavy atom. The van der Waals surface area contributed by atoms with Gasteiger partial charge in [0.2, 0.25) is 0 Å². The first kappa shape index (κ1) is 15.5. The molecule has 1 amide bonds. The first-order valence-corrected chi connectivity index (χ1v) is 6.88. The van der Waals surface area contributed by atoms with Crippen LogP contribution < -0.4 is 11.1 Å². The van der Waals surface area contributed by atoms with E-state index in [2.05, 4.69) is 10.3 Å². The number of aromatic nitrogens is 1. The third kappa shape index (κ3) is 3.62. The average molecular weight is 328 g/mol. The van der Waals surface area contributed by atoms with E-state index in [9.17, 15) is 9.18 Å². The maximum atomic E-state index is 13.3. The van der Waals surface area contributed by atoms with E-state index in [1.165, 1.54) is 18.2 Å². The van der Waals surface area contributed by atoms with Crippen LogP contribution in [0, 0.1) is 5.82 Å². The van der Waals surface area contributed by atoms with Crippen molar-refractivity contribution in [2.24, 2.45) is 0 Å². The fourth-order valence-electron chi connectivity index (χ4n) is 1.75. The molecule has 1 heterocycles. The van der Waals surface area contributed by atoms with Gasteiger partial charge >= 0.3 is 0 Å². The Hall–Kier alpha value is -1.85. The Morgan fingerprint density at radius 2 is 1.90 bits per heavy atom. The van der Waals surface area contributed by atoms with Crippen molar-refractivity contribution >= 4 is 40.6 Å². The Kier molecular flexibility index (Phi) is 4.65. The van der Waals surface area contributed by atoms with E-state index in [0.29, 0.717) is 23.4 Å². The quantitative estimate of drug-likeness (QED) is 0.839. The number of amides is 1. The lowest BCUT2D eigenvalue weighted by atomic mass is 10.1. The van der Waals surface area contributed by atoms with Crippen molar-refractivity contribution in [3.05, 3.63) is 51.4 Å². The largest absolute Gasteiger partial charge is 0.384 e. The number of pyridine rings is 1. The number of hydrogen-bond acceptors (Lipinski definition) is 3. The highest BCUT2D eigenvalue weighted by Crippen LogP contribution is 2.27. The van der Waals surface area contributed by atoms with Gasteiger partial charge in [-0.25, -0.2) is 9.37 Å². The summed E-state index contributed by atoms with van der Waals surface area (Å²) in [6, 6.07) is 5.66. The third-order valence-electron chi connectivity index (χ3n) is 2.76. The minimum atomic E-state index is -0.724. The van der Waals surface area contributed by atoms with Gasteiger partial charge in [0.05, 0.1) is 10.0 Å². The molecule has 0 saturated heterocycles. The lowest BCUT2D eigenvalue weighted by Crippen LogP contribution is -2.13. The molecule has 0 saturated carbocycles. The van der Waals surface area contributed by atoms with Crippen LogP contribution in [0.3, 0.4) is 0 Å². The summed E-state index contributed by atoms with van der Waals surface area (Å²) in [6.07, 6.45) is 0.652. The van der Waals surface area contributed by atoms with Crippen molar-refractivity contribution in [3.8, 4) is 0 Å². The first-order valence-electron chi connectivity index (χ1n) is 6.13. The number of benzene rings is 1. The van der Waals surface area contributed by atoms with Crippen molar-refractivity contribution in [2.45, 2.75) is 13.3 Å². The Balaban J connectivity index is 2.28. The number of anilines is 2. The first-order chi connectivity index (χ1) is 9.90. The molecular formula is C14H12Cl2FN3O. The molecule has 0 bridgehead atoms. The zero-order valence-corrected chi connectivity index (χ0v) is 12.6. The van der Waals surface area contributed by atoms with Gasteiger partial charge < -0.3 is 11.1 Å². The van der Waals surface area contributed by atoms with Gasteiger partial charge in [-0.15, -0.1) is 0 Å². The maximum Gasteiger partial charge on any atom is 0.255 e. The molecule has 1 aromatic carbocycles. The van der Waals surface area contributed by atoms with E-state index in [1.807, 2.05) is 6.92 Å². The van der Waals surface area contributed by atoms with E-state index >= 15 is 0 Å². The van der Waals surface area contributed by atoms with Gasteiger partial charge in [-0.1, -0.05) is 30.1 Å². The number of carbonyl (C=O) groups excluding carboxylic acids is 1. The molecule has 0 spiro atoms. The van der Waals surface area contributed by atoms with Crippen LogP contribution in [0.25, 0.3) is 0 Å². The monoisotopic (exact) mass is 327 g/mol. The van der Waals surface area contributed by atoms with Gasteiger partial charge in [0.15, 0.2) is 5.82 Å². The number of nitrogens with one attached hydrogen (secondary N) is 1. The molecule has 4 nitrogen and oxygen atoms in total. The summed E-state index contributed by atoms with van der Waals surface area (Å²) in [5.74, 6) is -0.870. The zero-order valence-electron chi connectivity index (χ0n) is 11.1. The highest BCUT2D eigenvalue weighted by atomic mass is 35.5. The molecule has 0 fully saturated rings. The smallest absolute Gasteiger partial charge is 0.255 e. The van der Waals surface area contributed by atoms with Crippen molar-refractivity contribution in [3.63, 3.8) is 0 Å². The van der Waals surface area contributed by atoms with Crippen molar-refractivity contribution < 1.29 is 9.18 Å². The van der Waals surface area contributed by atoms with Gasteiger partial charge in [-0.05, 0) is 30.7 Å². The molecule has 1 aromatic heterocycles. The molecule has 0 atom stereocenters. The van der Waals surface area contributed by atoms with E-state index in [1.54, 1.807) is 6.07 Å². The molecule has 3 N–H and O–H groups in total. The minimum absolute atomic E-state index is 0.165. The number of aryl methyl sites for hydroxylation is 1. The van der Waals surface area contributed by atoms with Gasteiger partial charge in [0, 0.05) is 16.9 Å². The number of carbonyl (C=O) groups is 1. The molecule has 2 aromatic rings. The van der Waals surface area contributed by atoms with Crippen LogP contribution in [0.4, 0.5) is 15.9 Å². The molecule has 110 valence electrons. The van der Waals surface area contributed by atoms with Gasteiger partial charge in [-0.3, -0.25) is 4.79 Å². The molecular weight excluding hydrogens is 316 g/mol. The van der Waals surface area contributed by atoms with Crippen molar-refractivity contribution in [1.82, 2.24) is 4.98 Å². The summed E-state index contributed by atoms with van der Waals surface area (Å²) in [4.78, 5) is 16.3. The van der Waals surface area contributed by atoms with E-state index < -0.39 is 11.7 Å². The van der Waals surface area contributed by atoms with Gasteiger partial charge in [0.25, 0.3) is 5.91 Å². The van der Waals surface area contributed by atoms with Crippen LogP contribution in [0.15, 0.2) is 24.3 Å². The highest BCUT2D eigenvalue weighted by molar-refractivity contribution is 6.35. The molecule has 0 aliphatic rings. The molecule has 21 heavy (non-hydrogen) atoms. The lowest BCUT2D eigenvalue weighted by molar-refractivity contribution is 0.102. The van der Waals surface area contributed by atoms with Crippen molar-refractivity contribution in [2.75, 3.05) is 11.1 Å². The molecule has 0 unspecified atom stereocenters. The summed E-state index contributed by atoms with van der Waals surface area (Å²) in [5, 5.41) is 2.26. The minimum Gasteiger partial charge on any atom is -0.384 e. The standard InChI is InChI=1S/C14H12Cl2FN3O/c1-2-8-3-7(4-12(18)19-8)14(21)20-9-5-10(15)13(17)11(16)6-9/h3-6H,2H2,1H3,(H2,18,19)(H,20,21). The fourth-order valence-corrected chi connectivity index (χ4v) is 2.24. The predicted molar refractivity (Wildman–Crippen MR) is 82.4 cm³/mol. The third-order valence-corrected chi connectivity index (χ3v) is 3.31. The molecule has 0 radical (unpaired) electrons. The zero-order chi connectivity index (χ0) is 15.6. The SMILES string of the molecule is CCc1cc(C(=O)Nc2cc(Cl)c(F)c(Cl)c2)cc(N)n1. The van der Waals surface area contributed by atoms with Crippen LogP contribution in [-0.2, 0) is 6.42 Å². The van der Waals surface area contributed by atoms with Gasteiger partial charge in [0.1, 0.15) is 5.82 Å². The van der Waals surface area contributed by atoms with E-state index in [0.717, 1.165) is 0 Å². The van der Waals surface area contributed by atoms with Crippen LogP contribution in [-0.4, -0.2) is 10.9 Å². The average Bonchev–Trinajstić information content (AvgIpc) is 2.43.